The molecule has 116 valence electrons. The van der Waals surface area contributed by atoms with Gasteiger partial charge in [0.2, 0.25) is 0 Å². The van der Waals surface area contributed by atoms with Gasteiger partial charge in [-0.1, -0.05) is 6.07 Å². The Morgan fingerprint density at radius 2 is 2.10 bits per heavy atom. The zero-order valence-electron chi connectivity index (χ0n) is 13.6. The second-order valence-corrected chi connectivity index (χ2v) is 7.26. The summed E-state index contributed by atoms with van der Waals surface area (Å²) < 4.78 is 0. The molecule has 0 bridgehead atoms. The third kappa shape index (κ3) is 4.02. The molecular weight excluding hydrogens is 260 g/mol. The van der Waals surface area contributed by atoms with E-state index in [9.17, 15) is 0 Å². The van der Waals surface area contributed by atoms with Crippen molar-refractivity contribution in [3.8, 4) is 0 Å². The molecule has 1 saturated carbocycles. The molecule has 1 saturated heterocycles. The average Bonchev–Trinajstić information content (AvgIpc) is 3.26. The molecular formula is C17H28N4. The highest BCUT2D eigenvalue weighted by atomic mass is 15.3. The van der Waals surface area contributed by atoms with Gasteiger partial charge in [0.05, 0.1) is 5.69 Å². The van der Waals surface area contributed by atoms with Gasteiger partial charge >= 0.3 is 0 Å². The molecule has 0 atom stereocenters. The Labute approximate surface area is 128 Å². The number of nitrogens with zero attached hydrogens (tertiary/aromatic N) is 3. The van der Waals surface area contributed by atoms with Crippen molar-refractivity contribution in [2.75, 3.05) is 26.7 Å². The molecule has 21 heavy (non-hydrogen) atoms. The summed E-state index contributed by atoms with van der Waals surface area (Å²) in [6.45, 7) is 9.94. The van der Waals surface area contributed by atoms with Crippen molar-refractivity contribution in [1.82, 2.24) is 20.1 Å². The van der Waals surface area contributed by atoms with Gasteiger partial charge in [-0.3, -0.25) is 14.8 Å². The molecule has 2 aliphatic rings. The molecule has 0 radical (unpaired) electrons. The molecule has 0 unspecified atom stereocenters. The summed E-state index contributed by atoms with van der Waals surface area (Å²) in [6, 6.07) is 5.17. The van der Waals surface area contributed by atoms with E-state index in [1.165, 1.54) is 24.1 Å². The molecule has 0 spiro atoms. The van der Waals surface area contributed by atoms with Gasteiger partial charge in [-0.25, -0.2) is 0 Å². The monoisotopic (exact) mass is 288 g/mol. The Hall–Kier alpha value is -0.970. The zero-order chi connectivity index (χ0) is 14.9. The highest BCUT2D eigenvalue weighted by molar-refractivity contribution is 5.14. The number of rotatable bonds is 5. The number of likely N-dealkylation sites (N-methyl/N-ethyl adjacent to an activating group) is 1. The number of pyridine rings is 1. The second kappa shape index (κ2) is 6.03. The molecule has 4 nitrogen and oxygen atoms in total. The predicted molar refractivity (Wildman–Crippen MR) is 86.1 cm³/mol. The Morgan fingerprint density at radius 1 is 1.29 bits per heavy atom. The highest BCUT2D eigenvalue weighted by Crippen LogP contribution is 2.21. The number of hydrogen-bond donors (Lipinski definition) is 1. The van der Waals surface area contributed by atoms with Gasteiger partial charge in [-0.15, -0.1) is 0 Å². The summed E-state index contributed by atoms with van der Waals surface area (Å²) in [4.78, 5) is 9.61. The zero-order valence-corrected chi connectivity index (χ0v) is 13.6. The van der Waals surface area contributed by atoms with Crippen LogP contribution in [0.4, 0.5) is 0 Å². The van der Waals surface area contributed by atoms with Crippen molar-refractivity contribution < 1.29 is 0 Å². The van der Waals surface area contributed by atoms with E-state index in [1.807, 2.05) is 6.20 Å². The minimum absolute atomic E-state index is 0.256. The Kier molecular flexibility index (Phi) is 4.29. The van der Waals surface area contributed by atoms with E-state index in [0.717, 1.165) is 38.8 Å². The third-order valence-electron chi connectivity index (χ3n) is 4.84. The van der Waals surface area contributed by atoms with Crippen LogP contribution in [-0.2, 0) is 13.1 Å². The maximum absolute atomic E-state index is 4.64. The maximum atomic E-state index is 4.64. The van der Waals surface area contributed by atoms with Gasteiger partial charge in [0, 0.05) is 50.5 Å². The second-order valence-electron chi connectivity index (χ2n) is 7.26. The first-order valence-corrected chi connectivity index (χ1v) is 8.14. The van der Waals surface area contributed by atoms with Crippen molar-refractivity contribution in [3.05, 3.63) is 29.6 Å². The van der Waals surface area contributed by atoms with Gasteiger partial charge in [0.1, 0.15) is 0 Å². The van der Waals surface area contributed by atoms with Crippen molar-refractivity contribution >= 4 is 0 Å². The first kappa shape index (κ1) is 14.9. The molecule has 0 aromatic carbocycles. The van der Waals surface area contributed by atoms with E-state index < -0.39 is 0 Å². The molecule has 3 rings (SSSR count). The van der Waals surface area contributed by atoms with E-state index in [2.05, 4.69) is 53.1 Å². The fraction of sp³-hybridized carbons (Fsp3) is 0.706. The SMILES string of the molecule is CN1CCN(Cc2ccc(CNC3CC3)cn2)CC1(C)C. The fourth-order valence-electron chi connectivity index (χ4n) is 2.91. The Morgan fingerprint density at radius 3 is 2.71 bits per heavy atom. The highest BCUT2D eigenvalue weighted by Gasteiger charge is 2.30. The van der Waals surface area contributed by atoms with Crippen LogP contribution in [0.3, 0.4) is 0 Å². The molecule has 2 fully saturated rings. The van der Waals surface area contributed by atoms with Gasteiger partial charge in [0.25, 0.3) is 0 Å². The summed E-state index contributed by atoms with van der Waals surface area (Å²) in [6.07, 6.45) is 4.71. The molecule has 0 amide bonds. The number of hydrogen-bond acceptors (Lipinski definition) is 4. The number of aromatic nitrogens is 1. The molecule has 2 heterocycles. The van der Waals surface area contributed by atoms with Crippen molar-refractivity contribution in [1.29, 1.82) is 0 Å². The molecule has 4 heteroatoms. The van der Waals surface area contributed by atoms with Crippen LogP contribution in [0.1, 0.15) is 37.9 Å². The number of piperazine rings is 1. The number of nitrogens with one attached hydrogen (secondary N) is 1. The van der Waals surface area contributed by atoms with Crippen LogP contribution < -0.4 is 5.32 Å². The van der Waals surface area contributed by atoms with E-state index in [0.29, 0.717) is 0 Å². The van der Waals surface area contributed by atoms with E-state index in [1.54, 1.807) is 0 Å². The van der Waals surface area contributed by atoms with Gasteiger partial charge < -0.3 is 5.32 Å². The summed E-state index contributed by atoms with van der Waals surface area (Å²) in [5, 5.41) is 3.53. The lowest BCUT2D eigenvalue weighted by Gasteiger charge is -2.45. The molecule has 1 aromatic rings. The Balaban J connectivity index is 1.52. The fourth-order valence-corrected chi connectivity index (χ4v) is 2.91. The maximum Gasteiger partial charge on any atom is 0.0544 e. The van der Waals surface area contributed by atoms with Crippen LogP contribution in [0.2, 0.25) is 0 Å². The molecule has 1 aliphatic carbocycles. The summed E-state index contributed by atoms with van der Waals surface area (Å²) >= 11 is 0. The van der Waals surface area contributed by atoms with Gasteiger partial charge in [-0.2, -0.15) is 0 Å². The minimum atomic E-state index is 0.256. The van der Waals surface area contributed by atoms with Crippen LogP contribution in [0.25, 0.3) is 0 Å². The largest absolute Gasteiger partial charge is 0.310 e. The minimum Gasteiger partial charge on any atom is -0.310 e. The van der Waals surface area contributed by atoms with Gasteiger partial charge in [0.15, 0.2) is 0 Å². The lowest BCUT2D eigenvalue weighted by molar-refractivity contribution is 0.0354. The summed E-state index contributed by atoms with van der Waals surface area (Å²) in [5.41, 5.74) is 2.74. The quantitative estimate of drug-likeness (QED) is 0.896. The summed E-state index contributed by atoms with van der Waals surface area (Å²) in [5.74, 6) is 0. The Bertz CT molecular complexity index is 464. The first-order chi connectivity index (χ1) is 10.0. The normalized spacial score (nSPS) is 23.4. The summed E-state index contributed by atoms with van der Waals surface area (Å²) in [7, 11) is 2.22. The van der Waals surface area contributed by atoms with Crippen LogP contribution in [0, 0.1) is 0 Å². The lowest BCUT2D eigenvalue weighted by Crippen LogP contribution is -2.57. The van der Waals surface area contributed by atoms with E-state index in [4.69, 9.17) is 0 Å². The molecule has 1 aromatic heterocycles. The standard InChI is InChI=1S/C17H28N4/c1-17(2)13-21(9-8-20(17)3)12-16-5-4-14(11-19-16)10-18-15-6-7-15/h4-5,11,15,18H,6-10,12-13H2,1-3H3. The topological polar surface area (TPSA) is 31.4 Å². The van der Waals surface area contributed by atoms with Crippen molar-refractivity contribution in [3.63, 3.8) is 0 Å². The lowest BCUT2D eigenvalue weighted by atomic mass is 9.99. The van der Waals surface area contributed by atoms with Gasteiger partial charge in [-0.05, 0) is 45.4 Å². The smallest absolute Gasteiger partial charge is 0.0544 e. The third-order valence-corrected chi connectivity index (χ3v) is 4.84. The van der Waals surface area contributed by atoms with Crippen molar-refractivity contribution in [2.24, 2.45) is 0 Å². The molecule has 1 N–H and O–H groups in total. The van der Waals surface area contributed by atoms with Crippen LogP contribution in [-0.4, -0.2) is 53.0 Å². The van der Waals surface area contributed by atoms with Crippen LogP contribution in [0.5, 0.6) is 0 Å². The predicted octanol–water partition coefficient (Wildman–Crippen LogP) is 1.86. The average molecular weight is 288 g/mol. The van der Waals surface area contributed by atoms with Crippen LogP contribution in [0.15, 0.2) is 18.3 Å². The molecule has 1 aliphatic heterocycles. The van der Waals surface area contributed by atoms with Crippen LogP contribution >= 0.6 is 0 Å². The van der Waals surface area contributed by atoms with E-state index >= 15 is 0 Å². The van der Waals surface area contributed by atoms with Crippen molar-refractivity contribution in [2.45, 2.75) is 51.4 Å². The van der Waals surface area contributed by atoms with E-state index in [-0.39, 0.29) is 5.54 Å². The first-order valence-electron chi connectivity index (χ1n) is 8.14.